The molecular weight excluding hydrogens is 221 g/mol. The van der Waals surface area contributed by atoms with E-state index in [9.17, 15) is 4.39 Å². The van der Waals surface area contributed by atoms with Crippen LogP contribution < -0.4 is 5.32 Å². The molecule has 0 saturated heterocycles. The summed E-state index contributed by atoms with van der Waals surface area (Å²) in [6.07, 6.45) is 3.27. The summed E-state index contributed by atoms with van der Waals surface area (Å²) < 4.78 is 13.0. The maximum atomic E-state index is 13.0. The fourth-order valence-electron chi connectivity index (χ4n) is 1.48. The number of hydrogen-bond acceptors (Lipinski definition) is 2. The molecule has 0 heterocycles. The smallest absolute Gasteiger partial charge is 0.123 e. The number of aryl methyl sites for hydroxylation is 1. The van der Waals surface area contributed by atoms with Crippen LogP contribution in [0.1, 0.15) is 24.5 Å². The average Bonchev–Trinajstić information content (AvgIpc) is 2.28. The molecule has 1 aromatic carbocycles. The zero-order chi connectivity index (χ0) is 12.0. The van der Waals surface area contributed by atoms with Gasteiger partial charge in [-0.3, -0.25) is 0 Å². The van der Waals surface area contributed by atoms with Crippen molar-refractivity contribution in [1.82, 2.24) is 5.32 Å². The number of hydrogen-bond donors (Lipinski definition) is 1. The van der Waals surface area contributed by atoms with Crippen molar-refractivity contribution >= 4 is 11.8 Å². The molecule has 0 saturated carbocycles. The lowest BCUT2D eigenvalue weighted by atomic mass is 10.1. The Morgan fingerprint density at radius 1 is 1.44 bits per heavy atom. The molecule has 1 unspecified atom stereocenters. The molecule has 1 aromatic rings. The number of halogens is 1. The molecule has 3 heteroatoms. The van der Waals surface area contributed by atoms with Crippen molar-refractivity contribution in [3.63, 3.8) is 0 Å². The second-order valence-electron chi connectivity index (χ2n) is 4.08. The molecule has 1 atom stereocenters. The first-order valence-electron chi connectivity index (χ1n) is 5.62. The summed E-state index contributed by atoms with van der Waals surface area (Å²) in [4.78, 5) is 0. The van der Waals surface area contributed by atoms with Crippen molar-refractivity contribution in [2.45, 2.75) is 32.1 Å². The average molecular weight is 241 g/mol. The van der Waals surface area contributed by atoms with Gasteiger partial charge in [-0.15, -0.1) is 0 Å². The van der Waals surface area contributed by atoms with E-state index in [0.29, 0.717) is 5.25 Å². The van der Waals surface area contributed by atoms with E-state index in [0.717, 1.165) is 30.6 Å². The van der Waals surface area contributed by atoms with Gasteiger partial charge in [0.25, 0.3) is 0 Å². The van der Waals surface area contributed by atoms with E-state index in [2.05, 4.69) is 18.5 Å². The Morgan fingerprint density at radius 2 is 2.19 bits per heavy atom. The minimum atomic E-state index is -0.153. The topological polar surface area (TPSA) is 12.0 Å². The van der Waals surface area contributed by atoms with E-state index < -0.39 is 0 Å². The Hall–Kier alpha value is -0.540. The standard InChI is InChI=1S/C13H20FNS/c1-10-4-5-13(14)8-12(10)9-15-7-6-11(2)16-3/h4-5,8,11,15H,6-7,9H2,1-3H3. The number of nitrogens with one attached hydrogen (secondary N) is 1. The first-order valence-corrected chi connectivity index (χ1v) is 6.91. The van der Waals surface area contributed by atoms with Crippen LogP contribution in [0.4, 0.5) is 4.39 Å². The molecule has 0 aliphatic carbocycles. The van der Waals surface area contributed by atoms with E-state index in [4.69, 9.17) is 0 Å². The lowest BCUT2D eigenvalue weighted by Gasteiger charge is -2.10. The summed E-state index contributed by atoms with van der Waals surface area (Å²) in [6, 6.07) is 4.95. The van der Waals surface area contributed by atoms with Crippen molar-refractivity contribution in [1.29, 1.82) is 0 Å². The fourth-order valence-corrected chi connectivity index (χ4v) is 1.83. The minimum Gasteiger partial charge on any atom is -0.313 e. The molecule has 0 amide bonds. The van der Waals surface area contributed by atoms with Crippen molar-refractivity contribution in [2.24, 2.45) is 0 Å². The molecule has 0 aliphatic rings. The Morgan fingerprint density at radius 3 is 2.88 bits per heavy atom. The molecule has 0 aliphatic heterocycles. The van der Waals surface area contributed by atoms with Gasteiger partial charge in [0.1, 0.15) is 5.82 Å². The van der Waals surface area contributed by atoms with Gasteiger partial charge < -0.3 is 5.32 Å². The third kappa shape index (κ3) is 4.54. The van der Waals surface area contributed by atoms with Crippen LogP contribution >= 0.6 is 11.8 Å². The predicted octanol–water partition coefficient (Wildman–Crippen LogP) is 3.37. The molecule has 1 rings (SSSR count). The van der Waals surface area contributed by atoms with E-state index in [1.807, 2.05) is 24.8 Å². The zero-order valence-corrected chi connectivity index (χ0v) is 11.0. The molecule has 90 valence electrons. The highest BCUT2D eigenvalue weighted by Crippen LogP contribution is 2.11. The highest BCUT2D eigenvalue weighted by molar-refractivity contribution is 7.99. The van der Waals surface area contributed by atoms with Gasteiger partial charge in [0.05, 0.1) is 0 Å². The second-order valence-corrected chi connectivity index (χ2v) is 5.36. The van der Waals surface area contributed by atoms with Gasteiger partial charge in [-0.25, -0.2) is 4.39 Å². The molecule has 0 spiro atoms. The van der Waals surface area contributed by atoms with Gasteiger partial charge in [-0.2, -0.15) is 11.8 Å². The summed E-state index contributed by atoms with van der Waals surface area (Å²) in [6.45, 7) is 5.98. The molecule has 0 radical (unpaired) electrons. The summed E-state index contributed by atoms with van der Waals surface area (Å²) in [5, 5.41) is 4.04. The third-order valence-corrected chi connectivity index (χ3v) is 3.80. The van der Waals surface area contributed by atoms with Gasteiger partial charge in [0, 0.05) is 11.8 Å². The number of thioether (sulfide) groups is 1. The van der Waals surface area contributed by atoms with Crippen LogP contribution in [0.25, 0.3) is 0 Å². The van der Waals surface area contributed by atoms with Crippen LogP contribution in [-0.2, 0) is 6.54 Å². The molecule has 0 fully saturated rings. The molecule has 1 nitrogen and oxygen atoms in total. The highest BCUT2D eigenvalue weighted by atomic mass is 32.2. The Labute approximate surface area is 102 Å². The van der Waals surface area contributed by atoms with E-state index >= 15 is 0 Å². The molecule has 0 aromatic heterocycles. The van der Waals surface area contributed by atoms with Crippen molar-refractivity contribution < 1.29 is 4.39 Å². The van der Waals surface area contributed by atoms with Gasteiger partial charge in [-0.05, 0) is 49.4 Å². The van der Waals surface area contributed by atoms with Gasteiger partial charge in [0.2, 0.25) is 0 Å². The maximum absolute atomic E-state index is 13.0. The number of benzene rings is 1. The quantitative estimate of drug-likeness (QED) is 0.766. The van der Waals surface area contributed by atoms with E-state index in [-0.39, 0.29) is 5.82 Å². The maximum Gasteiger partial charge on any atom is 0.123 e. The van der Waals surface area contributed by atoms with Crippen molar-refractivity contribution in [2.75, 3.05) is 12.8 Å². The minimum absolute atomic E-state index is 0.153. The Bertz CT molecular complexity index is 328. The van der Waals surface area contributed by atoms with Crippen LogP contribution in [0.5, 0.6) is 0 Å². The van der Waals surface area contributed by atoms with Gasteiger partial charge in [0.15, 0.2) is 0 Å². The lowest BCUT2D eigenvalue weighted by Crippen LogP contribution is -2.18. The number of rotatable bonds is 6. The third-order valence-electron chi connectivity index (χ3n) is 2.76. The molecular formula is C13H20FNS. The Balaban J connectivity index is 2.34. The first kappa shape index (κ1) is 13.5. The van der Waals surface area contributed by atoms with Crippen LogP contribution in [0, 0.1) is 12.7 Å². The first-order chi connectivity index (χ1) is 7.63. The summed E-state index contributed by atoms with van der Waals surface area (Å²) >= 11 is 1.88. The lowest BCUT2D eigenvalue weighted by molar-refractivity contribution is 0.614. The fraction of sp³-hybridized carbons (Fsp3) is 0.538. The second kappa shape index (κ2) is 6.92. The van der Waals surface area contributed by atoms with Crippen molar-refractivity contribution in [3.8, 4) is 0 Å². The normalized spacial score (nSPS) is 12.8. The molecule has 0 bridgehead atoms. The van der Waals surface area contributed by atoms with E-state index in [1.54, 1.807) is 6.07 Å². The van der Waals surface area contributed by atoms with Crippen LogP contribution in [0.2, 0.25) is 0 Å². The predicted molar refractivity (Wildman–Crippen MR) is 70.4 cm³/mol. The summed E-state index contributed by atoms with van der Waals surface area (Å²) in [5.74, 6) is -0.153. The SMILES string of the molecule is CSC(C)CCNCc1cc(F)ccc1C. The van der Waals surface area contributed by atoms with Crippen LogP contribution in [-0.4, -0.2) is 18.1 Å². The van der Waals surface area contributed by atoms with Gasteiger partial charge in [-0.1, -0.05) is 13.0 Å². The van der Waals surface area contributed by atoms with Crippen LogP contribution in [0.15, 0.2) is 18.2 Å². The molecule has 16 heavy (non-hydrogen) atoms. The highest BCUT2D eigenvalue weighted by Gasteiger charge is 2.01. The van der Waals surface area contributed by atoms with Gasteiger partial charge >= 0.3 is 0 Å². The summed E-state index contributed by atoms with van der Waals surface area (Å²) in [5.41, 5.74) is 2.20. The van der Waals surface area contributed by atoms with Crippen molar-refractivity contribution in [3.05, 3.63) is 35.1 Å². The summed E-state index contributed by atoms with van der Waals surface area (Å²) in [7, 11) is 0. The zero-order valence-electron chi connectivity index (χ0n) is 10.2. The monoisotopic (exact) mass is 241 g/mol. The Kier molecular flexibility index (Phi) is 5.85. The largest absolute Gasteiger partial charge is 0.313 e. The molecule has 1 N–H and O–H groups in total. The van der Waals surface area contributed by atoms with E-state index in [1.165, 1.54) is 6.07 Å². The van der Waals surface area contributed by atoms with Crippen LogP contribution in [0.3, 0.4) is 0 Å².